The van der Waals surface area contributed by atoms with E-state index in [-0.39, 0.29) is 5.78 Å². The number of fused-ring (bicyclic) bond motifs is 3. The fourth-order valence-electron chi connectivity index (χ4n) is 2.52. The number of rotatable bonds is 2. The molecule has 0 aromatic heterocycles. The largest absolute Gasteiger partial charge is 0.493 e. The summed E-state index contributed by atoms with van der Waals surface area (Å²) in [6.07, 6.45) is 0. The number of benzene rings is 2. The lowest BCUT2D eigenvalue weighted by molar-refractivity contribution is 0.104. The molecular weight excluding hydrogens is 240 g/mol. The number of aryl methyl sites for hydroxylation is 1. The summed E-state index contributed by atoms with van der Waals surface area (Å²) < 4.78 is 10.6. The number of hydrogen-bond donors (Lipinski definition) is 0. The highest BCUT2D eigenvalue weighted by atomic mass is 16.5. The number of ketones is 1. The van der Waals surface area contributed by atoms with E-state index >= 15 is 0 Å². The van der Waals surface area contributed by atoms with Gasteiger partial charge in [-0.3, -0.25) is 4.79 Å². The van der Waals surface area contributed by atoms with Crippen LogP contribution in [0.5, 0.6) is 11.5 Å². The number of carbonyl (C=O) groups is 1. The molecule has 0 saturated heterocycles. The lowest BCUT2D eigenvalue weighted by Gasteiger charge is -2.09. The van der Waals surface area contributed by atoms with Gasteiger partial charge in [-0.25, -0.2) is 0 Å². The van der Waals surface area contributed by atoms with Crippen molar-refractivity contribution in [3.8, 4) is 22.6 Å². The Morgan fingerprint density at radius 3 is 2.00 bits per heavy atom. The first-order valence-electron chi connectivity index (χ1n) is 6.07. The van der Waals surface area contributed by atoms with Crippen LogP contribution < -0.4 is 9.47 Å². The number of hydrogen-bond acceptors (Lipinski definition) is 3. The van der Waals surface area contributed by atoms with Crippen LogP contribution in [0.2, 0.25) is 0 Å². The van der Waals surface area contributed by atoms with Crippen molar-refractivity contribution in [1.82, 2.24) is 0 Å². The van der Waals surface area contributed by atoms with E-state index in [4.69, 9.17) is 9.47 Å². The lowest BCUT2D eigenvalue weighted by atomic mass is 10.0. The second-order valence-electron chi connectivity index (χ2n) is 4.63. The van der Waals surface area contributed by atoms with Gasteiger partial charge >= 0.3 is 0 Å². The van der Waals surface area contributed by atoms with E-state index in [1.165, 1.54) is 0 Å². The van der Waals surface area contributed by atoms with Crippen molar-refractivity contribution in [1.29, 1.82) is 0 Å². The highest BCUT2D eigenvalue weighted by Gasteiger charge is 2.28. The molecule has 2 aromatic rings. The first-order chi connectivity index (χ1) is 9.15. The maximum atomic E-state index is 12.4. The molecule has 0 atom stereocenters. The molecule has 0 bridgehead atoms. The Morgan fingerprint density at radius 2 is 1.37 bits per heavy atom. The summed E-state index contributed by atoms with van der Waals surface area (Å²) in [7, 11) is 3.16. The van der Waals surface area contributed by atoms with Gasteiger partial charge in [0, 0.05) is 11.1 Å². The van der Waals surface area contributed by atoms with E-state index in [1.54, 1.807) is 20.3 Å². The fraction of sp³-hybridized carbons (Fsp3) is 0.188. The Hall–Kier alpha value is -2.29. The normalized spacial score (nSPS) is 12.1. The summed E-state index contributed by atoms with van der Waals surface area (Å²) in [5.41, 5.74) is 4.39. The van der Waals surface area contributed by atoms with Crippen LogP contribution in [0.3, 0.4) is 0 Å². The van der Waals surface area contributed by atoms with Gasteiger partial charge in [0.2, 0.25) is 0 Å². The molecule has 3 nitrogen and oxygen atoms in total. The molecular formula is C16H14O3. The summed E-state index contributed by atoms with van der Waals surface area (Å²) in [4.78, 5) is 12.4. The van der Waals surface area contributed by atoms with Crippen molar-refractivity contribution in [3.05, 3.63) is 47.0 Å². The molecule has 19 heavy (non-hydrogen) atoms. The Morgan fingerprint density at radius 1 is 0.789 bits per heavy atom. The van der Waals surface area contributed by atoms with Crippen LogP contribution in [0.1, 0.15) is 21.5 Å². The maximum absolute atomic E-state index is 12.4. The molecule has 0 radical (unpaired) electrons. The van der Waals surface area contributed by atoms with Crippen molar-refractivity contribution in [2.24, 2.45) is 0 Å². The van der Waals surface area contributed by atoms with Crippen LogP contribution in [0.25, 0.3) is 11.1 Å². The molecule has 0 amide bonds. The molecule has 0 spiro atoms. The van der Waals surface area contributed by atoms with Crippen LogP contribution in [0.15, 0.2) is 30.3 Å². The molecule has 0 saturated carbocycles. The maximum Gasteiger partial charge on any atom is 0.194 e. The molecule has 0 fully saturated rings. The van der Waals surface area contributed by atoms with Crippen LogP contribution in [-0.4, -0.2) is 20.0 Å². The Labute approximate surface area is 111 Å². The third-order valence-electron chi connectivity index (χ3n) is 3.48. The molecule has 0 aliphatic heterocycles. The first kappa shape index (κ1) is 11.8. The van der Waals surface area contributed by atoms with Gasteiger partial charge in [-0.1, -0.05) is 17.7 Å². The summed E-state index contributed by atoms with van der Waals surface area (Å²) in [6.45, 7) is 1.98. The topological polar surface area (TPSA) is 35.5 Å². The third kappa shape index (κ3) is 1.62. The van der Waals surface area contributed by atoms with E-state index in [0.29, 0.717) is 17.1 Å². The van der Waals surface area contributed by atoms with E-state index in [9.17, 15) is 4.79 Å². The molecule has 96 valence electrons. The molecule has 0 N–H and O–H groups in total. The zero-order valence-electron chi connectivity index (χ0n) is 11.1. The van der Waals surface area contributed by atoms with Crippen molar-refractivity contribution in [2.75, 3.05) is 14.2 Å². The van der Waals surface area contributed by atoms with Crippen molar-refractivity contribution in [3.63, 3.8) is 0 Å². The van der Waals surface area contributed by atoms with Crippen LogP contribution in [0, 0.1) is 6.92 Å². The van der Waals surface area contributed by atoms with Gasteiger partial charge in [0.1, 0.15) is 0 Å². The van der Waals surface area contributed by atoms with E-state index in [1.807, 2.05) is 31.2 Å². The van der Waals surface area contributed by atoms with Crippen LogP contribution in [0.4, 0.5) is 0 Å². The summed E-state index contributed by atoms with van der Waals surface area (Å²) in [5.74, 6) is 1.27. The second kappa shape index (κ2) is 4.12. The second-order valence-corrected chi connectivity index (χ2v) is 4.63. The highest BCUT2D eigenvalue weighted by Crippen LogP contribution is 2.42. The number of carbonyl (C=O) groups excluding carboxylic acids is 1. The standard InChI is InChI=1S/C16H14O3/c1-9-4-5-10-11-7-14(18-2)15(19-3)8-13(11)16(17)12(10)6-9/h4-8H,1-3H3. The summed E-state index contributed by atoms with van der Waals surface area (Å²) in [5, 5.41) is 0. The van der Waals surface area contributed by atoms with Gasteiger partial charge in [-0.2, -0.15) is 0 Å². The van der Waals surface area contributed by atoms with Gasteiger partial charge in [-0.15, -0.1) is 0 Å². The average Bonchev–Trinajstić information content (AvgIpc) is 2.70. The van der Waals surface area contributed by atoms with Crippen molar-refractivity contribution in [2.45, 2.75) is 6.92 Å². The fourth-order valence-corrected chi connectivity index (χ4v) is 2.52. The van der Waals surface area contributed by atoms with E-state index in [2.05, 4.69) is 0 Å². The van der Waals surface area contributed by atoms with Gasteiger partial charge in [0.05, 0.1) is 14.2 Å². The molecule has 0 unspecified atom stereocenters. The van der Waals surface area contributed by atoms with E-state index in [0.717, 1.165) is 22.3 Å². The monoisotopic (exact) mass is 254 g/mol. The molecule has 3 rings (SSSR count). The molecule has 0 heterocycles. The number of ether oxygens (including phenoxy) is 2. The van der Waals surface area contributed by atoms with Gasteiger partial charge in [0.25, 0.3) is 0 Å². The van der Waals surface area contributed by atoms with Crippen molar-refractivity contribution >= 4 is 5.78 Å². The number of methoxy groups -OCH3 is 2. The lowest BCUT2D eigenvalue weighted by Crippen LogP contribution is -1.97. The van der Waals surface area contributed by atoms with Crippen molar-refractivity contribution < 1.29 is 14.3 Å². The van der Waals surface area contributed by atoms with Crippen LogP contribution >= 0.6 is 0 Å². The van der Waals surface area contributed by atoms with Gasteiger partial charge < -0.3 is 9.47 Å². The zero-order valence-corrected chi connectivity index (χ0v) is 11.1. The minimum atomic E-state index is 0.0506. The Kier molecular flexibility index (Phi) is 2.56. The average molecular weight is 254 g/mol. The smallest absolute Gasteiger partial charge is 0.194 e. The minimum absolute atomic E-state index is 0.0506. The van der Waals surface area contributed by atoms with Gasteiger partial charge in [-0.05, 0) is 36.2 Å². The molecule has 2 aromatic carbocycles. The molecule has 3 heteroatoms. The quantitative estimate of drug-likeness (QED) is 0.704. The highest BCUT2D eigenvalue weighted by molar-refractivity contribution is 6.22. The molecule has 1 aliphatic rings. The van der Waals surface area contributed by atoms with E-state index < -0.39 is 0 Å². The summed E-state index contributed by atoms with van der Waals surface area (Å²) in [6, 6.07) is 9.55. The Balaban J connectivity index is 2.28. The SMILES string of the molecule is COc1cc2c(cc1OC)-c1ccc(C)cc1C2=O. The summed E-state index contributed by atoms with van der Waals surface area (Å²) >= 11 is 0. The third-order valence-corrected chi connectivity index (χ3v) is 3.48. The minimum Gasteiger partial charge on any atom is -0.493 e. The van der Waals surface area contributed by atoms with Crippen LogP contribution in [-0.2, 0) is 0 Å². The molecule has 1 aliphatic carbocycles. The predicted octanol–water partition coefficient (Wildman–Crippen LogP) is 3.22. The Bertz CT molecular complexity index is 687. The first-order valence-corrected chi connectivity index (χ1v) is 6.07. The zero-order chi connectivity index (χ0) is 13.6. The predicted molar refractivity (Wildman–Crippen MR) is 73.2 cm³/mol. The van der Waals surface area contributed by atoms with Gasteiger partial charge in [0.15, 0.2) is 17.3 Å².